The van der Waals surface area contributed by atoms with E-state index < -0.39 is 0 Å². The summed E-state index contributed by atoms with van der Waals surface area (Å²) >= 11 is 5.38. The number of thiocarbonyl (C=S) groups is 1. The fraction of sp³-hybridized carbons (Fsp3) is 0.533. The molecule has 0 spiro atoms. The number of rotatable bonds is 2. The van der Waals surface area contributed by atoms with Gasteiger partial charge in [-0.2, -0.15) is 0 Å². The van der Waals surface area contributed by atoms with Gasteiger partial charge in [-0.15, -0.1) is 0 Å². The Morgan fingerprint density at radius 1 is 1.05 bits per heavy atom. The summed E-state index contributed by atoms with van der Waals surface area (Å²) in [7, 11) is 0. The molecule has 4 nitrogen and oxygen atoms in total. The van der Waals surface area contributed by atoms with Crippen molar-refractivity contribution in [1.29, 1.82) is 0 Å². The molecule has 0 saturated heterocycles. The number of benzene rings is 1. The van der Waals surface area contributed by atoms with Crippen LogP contribution >= 0.6 is 12.2 Å². The van der Waals surface area contributed by atoms with Crippen molar-refractivity contribution in [2.75, 3.05) is 18.5 Å². The molecule has 20 heavy (non-hydrogen) atoms. The molecule has 1 heterocycles. The Balaban J connectivity index is 1.58. The number of fused-ring (bicyclic) bond motifs is 1. The van der Waals surface area contributed by atoms with Crippen LogP contribution in [-0.2, 0) is 0 Å². The lowest BCUT2D eigenvalue weighted by atomic mass is 9.96. The smallest absolute Gasteiger partial charge is 0.170 e. The van der Waals surface area contributed by atoms with Gasteiger partial charge >= 0.3 is 0 Å². The zero-order chi connectivity index (χ0) is 13.8. The molecule has 2 N–H and O–H groups in total. The lowest BCUT2D eigenvalue weighted by Gasteiger charge is -2.24. The summed E-state index contributed by atoms with van der Waals surface area (Å²) in [5.41, 5.74) is 0.933. The van der Waals surface area contributed by atoms with Crippen LogP contribution in [0.25, 0.3) is 0 Å². The van der Waals surface area contributed by atoms with Crippen LogP contribution in [0.1, 0.15) is 32.1 Å². The highest BCUT2D eigenvalue weighted by molar-refractivity contribution is 7.80. The fourth-order valence-electron chi connectivity index (χ4n) is 2.72. The standard InChI is InChI=1S/C15H20N2O2S/c20-15(16-11-4-2-1-3-5-11)17-12-6-7-13-14(10-12)19-9-8-18-13/h6-7,10-11H,1-5,8-9H2,(H2,16,17,20). The van der Waals surface area contributed by atoms with E-state index in [2.05, 4.69) is 10.6 Å². The summed E-state index contributed by atoms with van der Waals surface area (Å²) in [4.78, 5) is 0. The fourth-order valence-corrected chi connectivity index (χ4v) is 3.01. The van der Waals surface area contributed by atoms with Crippen LogP contribution in [-0.4, -0.2) is 24.4 Å². The van der Waals surface area contributed by atoms with Crippen molar-refractivity contribution in [2.24, 2.45) is 0 Å². The van der Waals surface area contributed by atoms with Crippen molar-refractivity contribution in [2.45, 2.75) is 38.1 Å². The number of nitrogens with one attached hydrogen (secondary N) is 2. The van der Waals surface area contributed by atoms with E-state index in [0.29, 0.717) is 24.4 Å². The minimum absolute atomic E-state index is 0.515. The van der Waals surface area contributed by atoms with E-state index in [4.69, 9.17) is 21.7 Å². The first-order valence-corrected chi connectivity index (χ1v) is 7.69. The van der Waals surface area contributed by atoms with Crippen LogP contribution in [0.15, 0.2) is 18.2 Å². The summed E-state index contributed by atoms with van der Waals surface area (Å²) in [6, 6.07) is 6.33. The van der Waals surface area contributed by atoms with E-state index in [9.17, 15) is 0 Å². The molecule has 1 aliphatic heterocycles. The molecule has 0 radical (unpaired) electrons. The number of ether oxygens (including phenoxy) is 2. The minimum Gasteiger partial charge on any atom is -0.486 e. The lowest BCUT2D eigenvalue weighted by Crippen LogP contribution is -2.38. The molecular formula is C15H20N2O2S. The van der Waals surface area contributed by atoms with Crippen LogP contribution in [0.3, 0.4) is 0 Å². The van der Waals surface area contributed by atoms with Crippen LogP contribution in [0, 0.1) is 0 Å². The highest BCUT2D eigenvalue weighted by Crippen LogP contribution is 2.32. The first-order chi connectivity index (χ1) is 9.81. The summed E-state index contributed by atoms with van der Waals surface area (Å²) in [6.45, 7) is 1.21. The normalized spacial score (nSPS) is 18.4. The first kappa shape index (κ1) is 13.5. The summed E-state index contributed by atoms with van der Waals surface area (Å²) in [5.74, 6) is 1.58. The molecule has 0 unspecified atom stereocenters. The molecule has 0 amide bonds. The average Bonchev–Trinajstić information content (AvgIpc) is 2.48. The molecule has 0 aromatic heterocycles. The van der Waals surface area contributed by atoms with Gasteiger partial charge < -0.3 is 20.1 Å². The van der Waals surface area contributed by atoms with Crippen LogP contribution in [0.2, 0.25) is 0 Å². The van der Waals surface area contributed by atoms with Crippen molar-refractivity contribution in [3.05, 3.63) is 18.2 Å². The summed E-state index contributed by atoms with van der Waals surface area (Å²) in [5, 5.41) is 7.31. The van der Waals surface area contributed by atoms with E-state index in [-0.39, 0.29) is 0 Å². The largest absolute Gasteiger partial charge is 0.486 e. The predicted molar refractivity (Wildman–Crippen MR) is 83.7 cm³/mol. The number of anilines is 1. The van der Waals surface area contributed by atoms with E-state index in [1.807, 2.05) is 18.2 Å². The Hall–Kier alpha value is -1.49. The van der Waals surface area contributed by atoms with Gasteiger partial charge in [-0.05, 0) is 37.2 Å². The molecule has 0 bridgehead atoms. The number of hydrogen-bond acceptors (Lipinski definition) is 3. The maximum Gasteiger partial charge on any atom is 0.170 e. The highest BCUT2D eigenvalue weighted by atomic mass is 32.1. The zero-order valence-corrected chi connectivity index (χ0v) is 12.3. The molecule has 1 aromatic carbocycles. The molecule has 0 atom stereocenters. The van der Waals surface area contributed by atoms with Crippen LogP contribution < -0.4 is 20.1 Å². The average molecular weight is 292 g/mol. The molecule has 1 aliphatic carbocycles. The second kappa shape index (κ2) is 6.31. The number of hydrogen-bond donors (Lipinski definition) is 2. The van der Waals surface area contributed by atoms with Crippen LogP contribution in [0.4, 0.5) is 5.69 Å². The molecule has 1 fully saturated rings. The van der Waals surface area contributed by atoms with Crippen molar-refractivity contribution in [3.63, 3.8) is 0 Å². The Kier molecular flexibility index (Phi) is 4.25. The van der Waals surface area contributed by atoms with Crippen molar-refractivity contribution >= 4 is 23.0 Å². The summed E-state index contributed by atoms with van der Waals surface area (Å²) < 4.78 is 11.1. The third-order valence-corrected chi connectivity index (χ3v) is 3.96. The van der Waals surface area contributed by atoms with Crippen molar-refractivity contribution in [1.82, 2.24) is 5.32 Å². The lowest BCUT2D eigenvalue weighted by molar-refractivity contribution is 0.171. The maximum atomic E-state index is 5.57. The quantitative estimate of drug-likeness (QED) is 0.820. The second-order valence-corrected chi connectivity index (χ2v) is 5.70. The van der Waals surface area contributed by atoms with E-state index >= 15 is 0 Å². The van der Waals surface area contributed by atoms with Gasteiger partial charge in [0.25, 0.3) is 0 Å². The molecule has 1 aromatic rings. The van der Waals surface area contributed by atoms with E-state index in [1.165, 1.54) is 32.1 Å². The van der Waals surface area contributed by atoms with Crippen LogP contribution in [0.5, 0.6) is 11.5 Å². The first-order valence-electron chi connectivity index (χ1n) is 7.28. The van der Waals surface area contributed by atoms with Crippen molar-refractivity contribution in [3.8, 4) is 11.5 Å². The van der Waals surface area contributed by atoms with Gasteiger partial charge in [0.05, 0.1) is 0 Å². The maximum absolute atomic E-state index is 5.57. The SMILES string of the molecule is S=C(Nc1ccc2c(c1)OCCO2)NC1CCCCC1. The Morgan fingerprint density at radius 2 is 1.80 bits per heavy atom. The van der Waals surface area contributed by atoms with Gasteiger partial charge in [-0.1, -0.05) is 19.3 Å². The van der Waals surface area contributed by atoms with E-state index in [1.54, 1.807) is 0 Å². The zero-order valence-electron chi connectivity index (χ0n) is 11.5. The molecule has 1 saturated carbocycles. The molecule has 5 heteroatoms. The van der Waals surface area contributed by atoms with Gasteiger partial charge in [-0.25, -0.2) is 0 Å². The topological polar surface area (TPSA) is 42.5 Å². The predicted octanol–water partition coefficient (Wildman–Crippen LogP) is 3.08. The molecule has 3 rings (SSSR count). The van der Waals surface area contributed by atoms with Gasteiger partial charge in [0.1, 0.15) is 13.2 Å². The minimum atomic E-state index is 0.515. The Morgan fingerprint density at radius 3 is 2.60 bits per heavy atom. The van der Waals surface area contributed by atoms with Crippen molar-refractivity contribution < 1.29 is 9.47 Å². The van der Waals surface area contributed by atoms with Gasteiger partial charge in [0, 0.05) is 17.8 Å². The van der Waals surface area contributed by atoms with Gasteiger partial charge in [0.15, 0.2) is 16.6 Å². The molecular weight excluding hydrogens is 272 g/mol. The monoisotopic (exact) mass is 292 g/mol. The molecule has 2 aliphatic rings. The third-order valence-electron chi connectivity index (χ3n) is 3.74. The summed E-state index contributed by atoms with van der Waals surface area (Å²) in [6.07, 6.45) is 6.36. The van der Waals surface area contributed by atoms with E-state index in [0.717, 1.165) is 17.2 Å². The Bertz CT molecular complexity index is 487. The molecule has 108 valence electrons. The second-order valence-electron chi connectivity index (χ2n) is 5.29. The highest BCUT2D eigenvalue weighted by Gasteiger charge is 2.15. The van der Waals surface area contributed by atoms with Gasteiger partial charge in [-0.3, -0.25) is 0 Å². The third kappa shape index (κ3) is 3.33. The van der Waals surface area contributed by atoms with Gasteiger partial charge in [0.2, 0.25) is 0 Å². The Labute approximate surface area is 124 Å².